The Bertz CT molecular complexity index is 474. The van der Waals surface area contributed by atoms with Gasteiger partial charge in [0.15, 0.2) is 6.10 Å². The lowest BCUT2D eigenvalue weighted by atomic mass is 9.90. The van der Waals surface area contributed by atoms with E-state index in [2.05, 4.69) is 0 Å². The van der Waals surface area contributed by atoms with Crippen LogP contribution in [0.5, 0.6) is 0 Å². The van der Waals surface area contributed by atoms with Gasteiger partial charge >= 0.3 is 5.97 Å². The van der Waals surface area contributed by atoms with Gasteiger partial charge < -0.3 is 4.74 Å². The van der Waals surface area contributed by atoms with E-state index in [-0.39, 0.29) is 0 Å². The molecule has 1 atom stereocenters. The Morgan fingerprint density at radius 2 is 2.06 bits per heavy atom. The van der Waals surface area contributed by atoms with E-state index in [9.17, 15) is 4.79 Å². The summed E-state index contributed by atoms with van der Waals surface area (Å²) in [6.45, 7) is 1.57. The highest BCUT2D eigenvalue weighted by Gasteiger charge is 2.15. The summed E-state index contributed by atoms with van der Waals surface area (Å²) in [5, 5.41) is 8.60. The van der Waals surface area contributed by atoms with Crippen LogP contribution in [0.3, 0.4) is 0 Å². The van der Waals surface area contributed by atoms with Crippen molar-refractivity contribution in [2.24, 2.45) is 0 Å². The Kier molecular flexibility index (Phi) is 3.43. The number of hydrogen-bond donors (Lipinski definition) is 0. The van der Waals surface area contributed by atoms with Crippen molar-refractivity contribution in [1.29, 1.82) is 5.26 Å². The van der Waals surface area contributed by atoms with Gasteiger partial charge in [-0.15, -0.1) is 0 Å². The Labute approximate surface area is 101 Å². The third kappa shape index (κ3) is 2.65. The standard InChI is InChI=1S/C14H15NO2/c1-10(9-15)17-14(16)13-7-6-11-4-2-3-5-12(11)8-13/h6-8,10H,2-5H2,1H3. The minimum atomic E-state index is -0.696. The van der Waals surface area contributed by atoms with Crippen LogP contribution in [-0.4, -0.2) is 12.1 Å². The summed E-state index contributed by atoms with van der Waals surface area (Å²) in [6, 6.07) is 7.58. The SMILES string of the molecule is CC(C#N)OC(=O)c1ccc2c(c1)CCCC2. The van der Waals surface area contributed by atoms with Gasteiger partial charge in [0.2, 0.25) is 0 Å². The van der Waals surface area contributed by atoms with Gasteiger partial charge in [0.05, 0.1) is 5.56 Å². The van der Waals surface area contributed by atoms with Crippen molar-refractivity contribution >= 4 is 5.97 Å². The highest BCUT2D eigenvalue weighted by atomic mass is 16.5. The van der Waals surface area contributed by atoms with E-state index in [0.29, 0.717) is 5.56 Å². The third-order valence-electron chi connectivity index (χ3n) is 3.05. The summed E-state index contributed by atoms with van der Waals surface area (Å²) >= 11 is 0. The smallest absolute Gasteiger partial charge is 0.339 e. The van der Waals surface area contributed by atoms with E-state index >= 15 is 0 Å². The van der Waals surface area contributed by atoms with Crippen molar-refractivity contribution in [3.63, 3.8) is 0 Å². The molecule has 1 unspecified atom stereocenters. The average molecular weight is 229 g/mol. The zero-order chi connectivity index (χ0) is 12.3. The van der Waals surface area contributed by atoms with Crippen molar-refractivity contribution < 1.29 is 9.53 Å². The highest BCUT2D eigenvalue weighted by molar-refractivity contribution is 5.90. The molecule has 0 spiro atoms. The first-order valence-electron chi connectivity index (χ1n) is 5.93. The quantitative estimate of drug-likeness (QED) is 0.732. The number of nitrogens with zero attached hydrogens (tertiary/aromatic N) is 1. The number of ether oxygens (including phenoxy) is 1. The third-order valence-corrected chi connectivity index (χ3v) is 3.05. The van der Waals surface area contributed by atoms with Gasteiger partial charge in [0, 0.05) is 0 Å². The molecule has 0 bridgehead atoms. The van der Waals surface area contributed by atoms with Crippen molar-refractivity contribution in [3.05, 3.63) is 34.9 Å². The molecule has 0 heterocycles. The van der Waals surface area contributed by atoms with E-state index in [1.165, 1.54) is 24.0 Å². The van der Waals surface area contributed by atoms with Gasteiger partial charge in [-0.1, -0.05) is 6.07 Å². The van der Waals surface area contributed by atoms with Crippen LogP contribution in [0.1, 0.15) is 41.3 Å². The zero-order valence-corrected chi connectivity index (χ0v) is 9.90. The maximum atomic E-state index is 11.7. The van der Waals surface area contributed by atoms with Crippen LogP contribution in [0, 0.1) is 11.3 Å². The number of rotatable bonds is 2. The normalized spacial score (nSPS) is 15.5. The van der Waals surface area contributed by atoms with E-state index < -0.39 is 12.1 Å². The Hall–Kier alpha value is -1.82. The largest absolute Gasteiger partial charge is 0.444 e. The van der Waals surface area contributed by atoms with Gasteiger partial charge in [0.25, 0.3) is 0 Å². The van der Waals surface area contributed by atoms with Crippen LogP contribution >= 0.6 is 0 Å². The Morgan fingerprint density at radius 1 is 1.35 bits per heavy atom. The van der Waals surface area contributed by atoms with Crippen LogP contribution in [0.2, 0.25) is 0 Å². The number of fused-ring (bicyclic) bond motifs is 1. The van der Waals surface area contributed by atoms with Crippen molar-refractivity contribution in [2.75, 3.05) is 0 Å². The van der Waals surface area contributed by atoms with Crippen LogP contribution in [0.4, 0.5) is 0 Å². The molecule has 1 aliphatic carbocycles. The fraction of sp³-hybridized carbons (Fsp3) is 0.429. The number of benzene rings is 1. The minimum absolute atomic E-state index is 0.410. The van der Waals surface area contributed by atoms with Crippen LogP contribution in [0.25, 0.3) is 0 Å². The molecule has 17 heavy (non-hydrogen) atoms. The Morgan fingerprint density at radius 3 is 2.76 bits per heavy atom. The molecule has 1 aromatic carbocycles. The summed E-state index contributed by atoms with van der Waals surface area (Å²) in [5.41, 5.74) is 3.13. The molecule has 0 saturated carbocycles. The summed E-state index contributed by atoms with van der Waals surface area (Å²) in [4.78, 5) is 11.7. The molecule has 0 saturated heterocycles. The first kappa shape index (κ1) is 11.7. The molecular formula is C14H15NO2. The summed E-state index contributed by atoms with van der Waals surface area (Å²) in [7, 11) is 0. The number of carbonyl (C=O) groups excluding carboxylic acids is 1. The molecule has 0 N–H and O–H groups in total. The molecule has 0 amide bonds. The van der Waals surface area contributed by atoms with Gasteiger partial charge in [-0.05, 0) is 55.9 Å². The number of esters is 1. The molecular weight excluding hydrogens is 214 g/mol. The number of aryl methyl sites for hydroxylation is 2. The summed E-state index contributed by atoms with van der Waals surface area (Å²) in [6.07, 6.45) is 3.84. The lowest BCUT2D eigenvalue weighted by Crippen LogP contribution is -2.14. The topological polar surface area (TPSA) is 50.1 Å². The zero-order valence-electron chi connectivity index (χ0n) is 9.90. The van der Waals surface area contributed by atoms with E-state index in [1.54, 1.807) is 13.0 Å². The maximum Gasteiger partial charge on any atom is 0.339 e. The van der Waals surface area contributed by atoms with Crippen LogP contribution < -0.4 is 0 Å². The second kappa shape index (κ2) is 5.01. The van der Waals surface area contributed by atoms with Crippen molar-refractivity contribution in [2.45, 2.75) is 38.7 Å². The molecule has 2 rings (SSSR count). The molecule has 0 fully saturated rings. The number of carbonyl (C=O) groups is 1. The van der Waals surface area contributed by atoms with Crippen LogP contribution in [0.15, 0.2) is 18.2 Å². The predicted molar refractivity (Wildman–Crippen MR) is 63.6 cm³/mol. The fourth-order valence-corrected chi connectivity index (χ4v) is 2.12. The second-order valence-electron chi connectivity index (χ2n) is 4.37. The van der Waals surface area contributed by atoms with E-state index in [0.717, 1.165) is 12.8 Å². The molecule has 3 heteroatoms. The average Bonchev–Trinajstić information content (AvgIpc) is 2.38. The molecule has 1 aromatic rings. The van der Waals surface area contributed by atoms with Gasteiger partial charge in [0.1, 0.15) is 6.07 Å². The lowest BCUT2D eigenvalue weighted by Gasteiger charge is -2.16. The first-order chi connectivity index (χ1) is 8.20. The first-order valence-corrected chi connectivity index (χ1v) is 5.93. The fourth-order valence-electron chi connectivity index (χ4n) is 2.12. The maximum absolute atomic E-state index is 11.7. The van der Waals surface area contributed by atoms with Crippen molar-refractivity contribution in [3.8, 4) is 6.07 Å². The van der Waals surface area contributed by atoms with Crippen molar-refractivity contribution in [1.82, 2.24) is 0 Å². The summed E-state index contributed by atoms with van der Waals surface area (Å²) < 4.78 is 4.98. The second-order valence-corrected chi connectivity index (χ2v) is 4.37. The van der Waals surface area contributed by atoms with Gasteiger partial charge in [-0.3, -0.25) is 0 Å². The number of nitriles is 1. The monoisotopic (exact) mass is 229 g/mol. The number of hydrogen-bond acceptors (Lipinski definition) is 3. The molecule has 1 aliphatic rings. The molecule has 88 valence electrons. The van der Waals surface area contributed by atoms with Gasteiger partial charge in [-0.25, -0.2) is 4.79 Å². The molecule has 0 aliphatic heterocycles. The minimum Gasteiger partial charge on any atom is -0.444 e. The molecule has 3 nitrogen and oxygen atoms in total. The predicted octanol–water partition coefficient (Wildman–Crippen LogP) is 2.63. The van der Waals surface area contributed by atoms with E-state index in [1.807, 2.05) is 18.2 Å². The van der Waals surface area contributed by atoms with E-state index in [4.69, 9.17) is 10.00 Å². The molecule has 0 radical (unpaired) electrons. The summed E-state index contributed by atoms with van der Waals surface area (Å²) in [5.74, 6) is -0.410. The highest BCUT2D eigenvalue weighted by Crippen LogP contribution is 2.22. The van der Waals surface area contributed by atoms with Crippen LogP contribution in [-0.2, 0) is 17.6 Å². The Balaban J connectivity index is 2.17. The molecule has 0 aromatic heterocycles. The lowest BCUT2D eigenvalue weighted by molar-refractivity contribution is 0.0435. The van der Waals surface area contributed by atoms with Gasteiger partial charge in [-0.2, -0.15) is 5.26 Å².